The molecular weight excluding hydrogens is 410 g/mol. The van der Waals surface area contributed by atoms with Gasteiger partial charge in [-0.05, 0) is 26.6 Å². The second kappa shape index (κ2) is 11.3. The van der Waals surface area contributed by atoms with Gasteiger partial charge in [0.1, 0.15) is 0 Å². The van der Waals surface area contributed by atoms with E-state index < -0.39 is 12.6 Å². The Labute approximate surface area is 147 Å². The Bertz CT molecular complexity index is 325. The maximum atomic E-state index is 12.1. The van der Waals surface area contributed by atoms with E-state index in [9.17, 15) is 13.2 Å². The number of hydrogen-bond donors (Lipinski definition) is 2. The minimum Gasteiger partial charge on any atom is -0.356 e. The number of aliphatic imine (C=N–C) groups is 1. The molecule has 1 heterocycles. The van der Waals surface area contributed by atoms with Crippen molar-refractivity contribution in [3.63, 3.8) is 0 Å². The minimum atomic E-state index is -4.13. The molecule has 0 atom stereocenters. The monoisotopic (exact) mass is 437 g/mol. The van der Waals surface area contributed by atoms with E-state index >= 15 is 0 Å². The van der Waals surface area contributed by atoms with E-state index in [-0.39, 0.29) is 30.5 Å². The average molecular weight is 437 g/mol. The quantitative estimate of drug-likeness (QED) is 0.388. The van der Waals surface area contributed by atoms with Crippen molar-refractivity contribution < 1.29 is 13.2 Å². The Hall–Kier alpha value is -0.290. The lowest BCUT2D eigenvalue weighted by Crippen LogP contribution is -2.43. The van der Waals surface area contributed by atoms with Crippen LogP contribution in [0.5, 0.6) is 0 Å². The van der Waals surface area contributed by atoms with E-state index in [1.807, 2.05) is 0 Å². The molecule has 22 heavy (non-hydrogen) atoms. The third-order valence-electron chi connectivity index (χ3n) is 3.46. The number of likely N-dealkylation sites (N-methyl/N-ethyl adjacent to an activating group) is 1. The third kappa shape index (κ3) is 10.4. The summed E-state index contributed by atoms with van der Waals surface area (Å²) in [6.07, 6.45) is -3.84. The van der Waals surface area contributed by atoms with E-state index in [0.717, 1.165) is 39.1 Å². The smallest absolute Gasteiger partial charge is 0.356 e. The lowest BCUT2D eigenvalue weighted by atomic mass is 10.4. The minimum absolute atomic E-state index is 0. The summed E-state index contributed by atoms with van der Waals surface area (Å²) >= 11 is 0. The van der Waals surface area contributed by atoms with Gasteiger partial charge in [0.25, 0.3) is 0 Å². The first-order valence-corrected chi connectivity index (χ1v) is 7.33. The van der Waals surface area contributed by atoms with Crippen LogP contribution < -0.4 is 10.6 Å². The van der Waals surface area contributed by atoms with Crippen molar-refractivity contribution >= 4 is 29.9 Å². The zero-order valence-corrected chi connectivity index (χ0v) is 15.6. The number of halogens is 4. The molecule has 0 spiro atoms. The molecule has 1 rings (SSSR count). The molecular formula is C13H27F3IN5. The third-order valence-corrected chi connectivity index (χ3v) is 3.46. The van der Waals surface area contributed by atoms with Gasteiger partial charge < -0.3 is 20.4 Å². The topological polar surface area (TPSA) is 42.9 Å². The van der Waals surface area contributed by atoms with Gasteiger partial charge in [0.05, 0.1) is 6.42 Å². The van der Waals surface area contributed by atoms with Crippen LogP contribution in [-0.4, -0.2) is 81.8 Å². The lowest BCUT2D eigenvalue weighted by molar-refractivity contribution is -0.132. The Morgan fingerprint density at radius 3 is 2.41 bits per heavy atom. The fraction of sp³-hybridized carbons (Fsp3) is 0.923. The molecule has 5 nitrogen and oxygen atoms in total. The van der Waals surface area contributed by atoms with Crippen LogP contribution in [0.1, 0.15) is 12.8 Å². The van der Waals surface area contributed by atoms with Gasteiger partial charge in [-0.1, -0.05) is 0 Å². The molecule has 1 fully saturated rings. The summed E-state index contributed by atoms with van der Waals surface area (Å²) in [5.74, 6) is 0.422. The molecule has 0 aromatic rings. The SMILES string of the molecule is CN=C(NCCN1CCCN(C)CC1)NCCC(F)(F)F.I. The predicted molar refractivity (Wildman–Crippen MR) is 94.0 cm³/mol. The first-order chi connectivity index (χ1) is 9.90. The van der Waals surface area contributed by atoms with Crippen molar-refractivity contribution in [2.45, 2.75) is 19.0 Å². The molecule has 0 bridgehead atoms. The highest BCUT2D eigenvalue weighted by Gasteiger charge is 2.26. The van der Waals surface area contributed by atoms with Crippen molar-refractivity contribution in [2.24, 2.45) is 4.99 Å². The largest absolute Gasteiger partial charge is 0.390 e. The predicted octanol–water partition coefficient (Wildman–Crippen LogP) is 1.36. The van der Waals surface area contributed by atoms with Crippen LogP contribution in [0.2, 0.25) is 0 Å². The van der Waals surface area contributed by atoms with Crippen LogP contribution in [0.25, 0.3) is 0 Å². The van der Waals surface area contributed by atoms with Crippen molar-refractivity contribution in [3.8, 4) is 0 Å². The fourth-order valence-electron chi connectivity index (χ4n) is 2.20. The first-order valence-electron chi connectivity index (χ1n) is 7.33. The van der Waals surface area contributed by atoms with Crippen LogP contribution >= 0.6 is 24.0 Å². The Balaban J connectivity index is 0.00000441. The standard InChI is InChI=1S/C13H26F3N5.HI/c1-17-12(18-5-4-13(14,15)16)19-6-9-21-8-3-7-20(2)10-11-21;/h3-11H2,1-2H3,(H2,17,18,19);1H. The normalized spacial score (nSPS) is 18.5. The molecule has 0 unspecified atom stereocenters. The Kier molecular flexibility index (Phi) is 11.1. The van der Waals surface area contributed by atoms with E-state index in [1.54, 1.807) is 7.05 Å². The Morgan fingerprint density at radius 2 is 1.77 bits per heavy atom. The summed E-state index contributed by atoms with van der Waals surface area (Å²) in [5, 5.41) is 5.73. The van der Waals surface area contributed by atoms with E-state index in [1.165, 1.54) is 0 Å². The zero-order valence-electron chi connectivity index (χ0n) is 13.2. The van der Waals surface area contributed by atoms with Crippen LogP contribution in [0.15, 0.2) is 4.99 Å². The van der Waals surface area contributed by atoms with Crippen LogP contribution in [0.4, 0.5) is 13.2 Å². The van der Waals surface area contributed by atoms with Gasteiger partial charge in [-0.25, -0.2) is 0 Å². The fourth-order valence-corrected chi connectivity index (χ4v) is 2.20. The summed E-state index contributed by atoms with van der Waals surface area (Å²) in [6, 6.07) is 0. The maximum Gasteiger partial charge on any atom is 0.390 e. The molecule has 0 aromatic carbocycles. The van der Waals surface area contributed by atoms with E-state index in [2.05, 4.69) is 32.5 Å². The number of rotatable bonds is 5. The van der Waals surface area contributed by atoms with Gasteiger partial charge in [0, 0.05) is 39.8 Å². The Morgan fingerprint density at radius 1 is 1.09 bits per heavy atom. The molecule has 0 amide bonds. The van der Waals surface area contributed by atoms with Crippen molar-refractivity contribution in [1.82, 2.24) is 20.4 Å². The molecule has 0 radical (unpaired) electrons. The van der Waals surface area contributed by atoms with Gasteiger partial charge in [-0.3, -0.25) is 4.99 Å². The average Bonchev–Trinajstić information content (AvgIpc) is 2.60. The van der Waals surface area contributed by atoms with E-state index in [0.29, 0.717) is 12.5 Å². The molecule has 1 aliphatic rings. The van der Waals surface area contributed by atoms with Gasteiger partial charge in [0.15, 0.2) is 5.96 Å². The molecule has 132 valence electrons. The van der Waals surface area contributed by atoms with Crippen LogP contribution in [0, 0.1) is 0 Å². The summed E-state index contributed by atoms with van der Waals surface area (Å²) in [7, 11) is 3.68. The maximum absolute atomic E-state index is 12.1. The highest BCUT2D eigenvalue weighted by atomic mass is 127. The number of guanidine groups is 1. The van der Waals surface area contributed by atoms with Gasteiger partial charge in [-0.2, -0.15) is 13.2 Å². The van der Waals surface area contributed by atoms with Gasteiger partial charge in [0.2, 0.25) is 0 Å². The summed E-state index contributed by atoms with van der Waals surface area (Å²) in [4.78, 5) is 8.59. The zero-order chi connectivity index (χ0) is 15.7. The molecule has 1 aliphatic heterocycles. The highest BCUT2D eigenvalue weighted by Crippen LogP contribution is 2.17. The summed E-state index contributed by atoms with van der Waals surface area (Å²) in [6.45, 7) is 5.65. The number of alkyl halides is 3. The number of nitrogens with one attached hydrogen (secondary N) is 2. The molecule has 1 saturated heterocycles. The molecule has 2 N–H and O–H groups in total. The summed E-state index contributed by atoms with van der Waals surface area (Å²) < 4.78 is 36.2. The second-order valence-corrected chi connectivity index (χ2v) is 5.29. The van der Waals surface area contributed by atoms with Crippen LogP contribution in [-0.2, 0) is 0 Å². The van der Waals surface area contributed by atoms with Gasteiger partial charge in [-0.15, -0.1) is 24.0 Å². The molecule has 9 heteroatoms. The molecule has 0 aromatic heterocycles. The van der Waals surface area contributed by atoms with Gasteiger partial charge >= 0.3 is 6.18 Å². The van der Waals surface area contributed by atoms with Crippen LogP contribution in [0.3, 0.4) is 0 Å². The van der Waals surface area contributed by atoms with Crippen molar-refractivity contribution in [2.75, 3.05) is 59.9 Å². The second-order valence-electron chi connectivity index (χ2n) is 5.29. The lowest BCUT2D eigenvalue weighted by Gasteiger charge is -2.21. The molecule has 0 saturated carbocycles. The van der Waals surface area contributed by atoms with E-state index in [4.69, 9.17) is 0 Å². The number of nitrogens with zero attached hydrogens (tertiary/aromatic N) is 3. The number of hydrogen-bond acceptors (Lipinski definition) is 3. The summed E-state index contributed by atoms with van der Waals surface area (Å²) in [5.41, 5.74) is 0. The molecule has 0 aliphatic carbocycles. The highest BCUT2D eigenvalue weighted by molar-refractivity contribution is 14.0. The van der Waals surface area contributed by atoms with Crippen molar-refractivity contribution in [1.29, 1.82) is 0 Å². The van der Waals surface area contributed by atoms with Crippen molar-refractivity contribution in [3.05, 3.63) is 0 Å². The first kappa shape index (κ1) is 21.7.